The van der Waals surface area contributed by atoms with Crippen LogP contribution in [0.1, 0.15) is 18.4 Å². The summed E-state index contributed by atoms with van der Waals surface area (Å²) in [6.07, 6.45) is 2.41. The topological polar surface area (TPSA) is 75.4 Å². The van der Waals surface area contributed by atoms with Crippen LogP contribution in [0.25, 0.3) is 0 Å². The van der Waals surface area contributed by atoms with Crippen LogP contribution in [-0.2, 0) is 16.6 Å². The minimum atomic E-state index is -3.59. The van der Waals surface area contributed by atoms with Crippen LogP contribution >= 0.6 is 0 Å². The fourth-order valence-corrected chi connectivity index (χ4v) is 2.91. The molecule has 0 aliphatic carbocycles. The van der Waals surface area contributed by atoms with E-state index < -0.39 is 10.0 Å². The SMILES string of the molecule is CN1CCCC(NCc2ccc(S(N)(=O)=O)cc2)C1. The minimum absolute atomic E-state index is 0.161. The van der Waals surface area contributed by atoms with Gasteiger partial charge in [0.15, 0.2) is 0 Å². The lowest BCUT2D eigenvalue weighted by atomic mass is 10.1. The molecule has 2 rings (SSSR count). The molecule has 1 aromatic carbocycles. The second-order valence-corrected chi connectivity index (χ2v) is 6.73. The van der Waals surface area contributed by atoms with Gasteiger partial charge in [-0.1, -0.05) is 12.1 Å². The summed E-state index contributed by atoms with van der Waals surface area (Å²) in [5.41, 5.74) is 1.07. The van der Waals surface area contributed by atoms with Crippen molar-refractivity contribution in [2.24, 2.45) is 5.14 Å². The molecule has 1 heterocycles. The third kappa shape index (κ3) is 4.28. The number of sulfonamides is 1. The zero-order chi connectivity index (χ0) is 13.9. The first kappa shape index (κ1) is 14.5. The monoisotopic (exact) mass is 283 g/mol. The Morgan fingerprint density at radius 2 is 2.05 bits per heavy atom. The van der Waals surface area contributed by atoms with Crippen LogP contribution < -0.4 is 10.5 Å². The first-order valence-corrected chi connectivity index (χ1v) is 8.03. The number of likely N-dealkylation sites (tertiary alicyclic amines) is 1. The zero-order valence-corrected chi connectivity index (χ0v) is 12.0. The van der Waals surface area contributed by atoms with Gasteiger partial charge in [-0.25, -0.2) is 13.6 Å². The molecule has 5 nitrogen and oxygen atoms in total. The molecule has 0 aromatic heterocycles. The van der Waals surface area contributed by atoms with Gasteiger partial charge in [0, 0.05) is 19.1 Å². The maximum absolute atomic E-state index is 11.1. The van der Waals surface area contributed by atoms with Gasteiger partial charge < -0.3 is 10.2 Å². The van der Waals surface area contributed by atoms with E-state index in [0.29, 0.717) is 6.04 Å². The van der Waals surface area contributed by atoms with Crippen molar-refractivity contribution in [1.82, 2.24) is 10.2 Å². The molecular formula is C13H21N3O2S. The third-order valence-electron chi connectivity index (χ3n) is 3.47. The summed E-state index contributed by atoms with van der Waals surface area (Å²) in [5.74, 6) is 0. The van der Waals surface area contributed by atoms with Crippen LogP contribution in [0.4, 0.5) is 0 Å². The van der Waals surface area contributed by atoms with E-state index in [9.17, 15) is 8.42 Å². The second-order valence-electron chi connectivity index (χ2n) is 5.17. The molecule has 1 aromatic rings. The average molecular weight is 283 g/mol. The molecule has 0 bridgehead atoms. The highest BCUT2D eigenvalue weighted by Crippen LogP contribution is 2.11. The molecule has 1 aliphatic heterocycles. The van der Waals surface area contributed by atoms with Gasteiger partial charge in [-0.2, -0.15) is 0 Å². The number of rotatable bonds is 4. The summed E-state index contributed by atoms with van der Waals surface area (Å²) in [6.45, 7) is 2.99. The Balaban J connectivity index is 1.89. The fourth-order valence-electron chi connectivity index (χ4n) is 2.39. The summed E-state index contributed by atoms with van der Waals surface area (Å²) < 4.78 is 22.3. The smallest absolute Gasteiger partial charge is 0.238 e. The molecule has 1 atom stereocenters. The van der Waals surface area contributed by atoms with E-state index in [-0.39, 0.29) is 4.90 Å². The van der Waals surface area contributed by atoms with E-state index in [1.54, 1.807) is 24.3 Å². The molecule has 106 valence electrons. The van der Waals surface area contributed by atoms with Crippen LogP contribution in [0.5, 0.6) is 0 Å². The molecular weight excluding hydrogens is 262 g/mol. The van der Waals surface area contributed by atoms with Gasteiger partial charge in [-0.05, 0) is 44.1 Å². The van der Waals surface area contributed by atoms with Crippen molar-refractivity contribution in [2.45, 2.75) is 30.3 Å². The van der Waals surface area contributed by atoms with E-state index in [2.05, 4.69) is 17.3 Å². The summed E-state index contributed by atoms with van der Waals surface area (Å²) in [7, 11) is -1.46. The van der Waals surface area contributed by atoms with Crippen molar-refractivity contribution >= 4 is 10.0 Å². The summed E-state index contributed by atoms with van der Waals surface area (Å²) >= 11 is 0. The van der Waals surface area contributed by atoms with Gasteiger partial charge in [0.05, 0.1) is 4.90 Å². The maximum atomic E-state index is 11.1. The zero-order valence-electron chi connectivity index (χ0n) is 11.2. The van der Waals surface area contributed by atoms with Crippen LogP contribution in [0.3, 0.4) is 0 Å². The second kappa shape index (κ2) is 6.00. The van der Waals surface area contributed by atoms with Gasteiger partial charge in [0.2, 0.25) is 10.0 Å². The molecule has 1 saturated heterocycles. The van der Waals surface area contributed by atoms with E-state index >= 15 is 0 Å². The van der Waals surface area contributed by atoms with E-state index in [1.165, 1.54) is 19.4 Å². The predicted molar refractivity (Wildman–Crippen MR) is 75.2 cm³/mol. The van der Waals surface area contributed by atoms with Crippen molar-refractivity contribution in [3.63, 3.8) is 0 Å². The Morgan fingerprint density at radius 1 is 1.37 bits per heavy atom. The highest BCUT2D eigenvalue weighted by Gasteiger charge is 2.16. The molecule has 19 heavy (non-hydrogen) atoms. The van der Waals surface area contributed by atoms with Crippen molar-refractivity contribution < 1.29 is 8.42 Å². The number of likely N-dealkylation sites (N-methyl/N-ethyl adjacent to an activating group) is 1. The quantitative estimate of drug-likeness (QED) is 0.844. The molecule has 1 fully saturated rings. The Labute approximate surface area is 114 Å². The first-order chi connectivity index (χ1) is 8.95. The summed E-state index contributed by atoms with van der Waals surface area (Å²) in [6, 6.07) is 7.23. The molecule has 1 aliphatic rings. The van der Waals surface area contributed by atoms with Gasteiger partial charge in [0.25, 0.3) is 0 Å². The van der Waals surface area contributed by atoms with Gasteiger partial charge >= 0.3 is 0 Å². The maximum Gasteiger partial charge on any atom is 0.238 e. The molecule has 3 N–H and O–H groups in total. The van der Waals surface area contributed by atoms with Crippen LogP contribution in [0.15, 0.2) is 29.2 Å². The highest BCUT2D eigenvalue weighted by molar-refractivity contribution is 7.89. The van der Waals surface area contributed by atoms with Crippen molar-refractivity contribution in [3.8, 4) is 0 Å². The molecule has 0 amide bonds. The Morgan fingerprint density at radius 3 is 2.63 bits per heavy atom. The third-order valence-corrected chi connectivity index (χ3v) is 4.40. The number of nitrogens with zero attached hydrogens (tertiary/aromatic N) is 1. The van der Waals surface area contributed by atoms with E-state index in [0.717, 1.165) is 18.7 Å². The van der Waals surface area contributed by atoms with Gasteiger partial charge in [0.1, 0.15) is 0 Å². The number of primary sulfonamides is 1. The number of nitrogens with one attached hydrogen (secondary N) is 1. The number of nitrogens with two attached hydrogens (primary N) is 1. The lowest BCUT2D eigenvalue weighted by Gasteiger charge is -2.30. The Kier molecular flexibility index (Phi) is 4.57. The standard InChI is InChI=1S/C13H21N3O2S/c1-16-8-2-3-12(10-16)15-9-11-4-6-13(7-5-11)19(14,17)18/h4-7,12,15H,2-3,8-10H2,1H3,(H2,14,17,18). The summed E-state index contributed by atoms with van der Waals surface area (Å²) in [4.78, 5) is 2.49. The van der Waals surface area contributed by atoms with Crippen molar-refractivity contribution in [2.75, 3.05) is 20.1 Å². The van der Waals surface area contributed by atoms with Gasteiger partial charge in [-0.15, -0.1) is 0 Å². The van der Waals surface area contributed by atoms with E-state index in [4.69, 9.17) is 5.14 Å². The van der Waals surface area contributed by atoms with Gasteiger partial charge in [-0.3, -0.25) is 0 Å². The number of piperidine rings is 1. The first-order valence-electron chi connectivity index (χ1n) is 6.49. The van der Waals surface area contributed by atoms with Crippen molar-refractivity contribution in [1.29, 1.82) is 0 Å². The van der Waals surface area contributed by atoms with Crippen molar-refractivity contribution in [3.05, 3.63) is 29.8 Å². The van der Waals surface area contributed by atoms with Crippen LogP contribution in [-0.4, -0.2) is 39.5 Å². The molecule has 0 spiro atoms. The Hall–Kier alpha value is -0.950. The summed E-state index contributed by atoms with van der Waals surface area (Å²) in [5, 5.41) is 8.57. The number of hydrogen-bond acceptors (Lipinski definition) is 4. The molecule has 0 saturated carbocycles. The lowest BCUT2D eigenvalue weighted by Crippen LogP contribution is -2.43. The molecule has 6 heteroatoms. The largest absolute Gasteiger partial charge is 0.309 e. The normalized spacial score (nSPS) is 21.5. The molecule has 0 radical (unpaired) electrons. The highest BCUT2D eigenvalue weighted by atomic mass is 32.2. The fraction of sp³-hybridized carbons (Fsp3) is 0.538. The predicted octanol–water partition coefficient (Wildman–Crippen LogP) is 0.518. The van der Waals surface area contributed by atoms with Crippen LogP contribution in [0, 0.1) is 0 Å². The number of benzene rings is 1. The molecule has 1 unspecified atom stereocenters. The van der Waals surface area contributed by atoms with Crippen LogP contribution in [0.2, 0.25) is 0 Å². The number of hydrogen-bond donors (Lipinski definition) is 2. The average Bonchev–Trinajstić information content (AvgIpc) is 2.36. The minimum Gasteiger partial charge on any atom is -0.309 e. The Bertz CT molecular complexity index is 513. The van der Waals surface area contributed by atoms with E-state index in [1.807, 2.05) is 0 Å². The lowest BCUT2D eigenvalue weighted by molar-refractivity contribution is 0.226.